The third kappa shape index (κ3) is 5.10. The van der Waals surface area contributed by atoms with Crippen molar-refractivity contribution in [1.82, 2.24) is 20.3 Å². The van der Waals surface area contributed by atoms with E-state index in [-0.39, 0.29) is 18.0 Å². The van der Waals surface area contributed by atoms with Crippen molar-refractivity contribution in [3.63, 3.8) is 0 Å². The number of hydrogen-bond donors (Lipinski definition) is 2. The summed E-state index contributed by atoms with van der Waals surface area (Å²) in [5, 5.41) is 14.1. The van der Waals surface area contributed by atoms with Crippen molar-refractivity contribution < 1.29 is 25.1 Å². The summed E-state index contributed by atoms with van der Waals surface area (Å²) >= 11 is 1.70. The Labute approximate surface area is 202 Å². The molecule has 2 aliphatic heterocycles. The molecule has 1 fully saturated rings. The largest absolute Gasteiger partial charge is 0.490 e. The number of halogens is 1. The summed E-state index contributed by atoms with van der Waals surface area (Å²) in [5.74, 6) is 1.48. The van der Waals surface area contributed by atoms with E-state index >= 15 is 0 Å². The molecule has 1 unspecified atom stereocenters. The van der Waals surface area contributed by atoms with Gasteiger partial charge in [-0.05, 0) is 25.0 Å². The molecule has 0 aliphatic carbocycles. The van der Waals surface area contributed by atoms with Gasteiger partial charge in [-0.3, -0.25) is 9.97 Å². The van der Waals surface area contributed by atoms with Crippen LogP contribution in [-0.4, -0.2) is 64.4 Å². The van der Waals surface area contributed by atoms with Crippen LogP contribution >= 0.6 is 11.8 Å². The smallest absolute Gasteiger partial charge is 0.213 e. The van der Waals surface area contributed by atoms with E-state index in [2.05, 4.69) is 20.3 Å². The quantitative estimate of drug-likeness (QED) is 0.521. The van der Waals surface area contributed by atoms with Gasteiger partial charge in [-0.2, -0.15) is 0 Å². The lowest BCUT2D eigenvalue weighted by molar-refractivity contribution is -0.0719. The summed E-state index contributed by atoms with van der Waals surface area (Å²) in [6, 6.07) is 5.23. The fourth-order valence-corrected chi connectivity index (χ4v) is 5.02. The Morgan fingerprint density at radius 1 is 1.35 bits per heavy atom. The minimum atomic E-state index is -0.907. The zero-order chi connectivity index (χ0) is 24.4. The minimum Gasteiger partial charge on any atom is -0.490 e. The van der Waals surface area contributed by atoms with Crippen molar-refractivity contribution >= 4 is 22.8 Å². The maximum Gasteiger partial charge on any atom is 0.213 e. The van der Waals surface area contributed by atoms with Crippen LogP contribution in [0.1, 0.15) is 25.5 Å². The molecule has 34 heavy (non-hydrogen) atoms. The lowest BCUT2D eigenvalue weighted by Gasteiger charge is -2.32. The van der Waals surface area contributed by atoms with E-state index in [0.717, 1.165) is 22.6 Å². The van der Waals surface area contributed by atoms with Crippen molar-refractivity contribution in [2.45, 2.75) is 48.9 Å². The summed E-state index contributed by atoms with van der Waals surface area (Å²) in [6.07, 6.45) is 2.81. The van der Waals surface area contributed by atoms with Crippen molar-refractivity contribution in [1.29, 1.82) is 0 Å². The van der Waals surface area contributed by atoms with E-state index in [4.69, 9.17) is 15.6 Å². The maximum atomic E-state index is 14.6. The molecule has 0 bridgehead atoms. The first-order chi connectivity index (χ1) is 17.0. The van der Waals surface area contributed by atoms with Crippen molar-refractivity contribution in [3.05, 3.63) is 47.7 Å². The number of rotatable bonds is 7. The van der Waals surface area contributed by atoms with E-state index in [1.807, 2.05) is 6.07 Å². The molecule has 0 aromatic carbocycles. The van der Waals surface area contributed by atoms with Crippen LogP contribution in [-0.2, 0) is 17.7 Å². The molecule has 180 valence electrons. The molecule has 0 saturated carbocycles. The molecule has 0 spiro atoms. The summed E-state index contributed by atoms with van der Waals surface area (Å²) < 4.78 is 39.8. The second kappa shape index (κ2) is 10.4. The summed E-state index contributed by atoms with van der Waals surface area (Å²) in [7, 11) is 1.49. The number of nitrogens with zero attached hydrogens (tertiary/aromatic N) is 3. The number of aromatic nitrogens is 3. The molecule has 5 heterocycles. The van der Waals surface area contributed by atoms with Crippen molar-refractivity contribution in [2.24, 2.45) is 0 Å². The Hall–Kier alpha value is -2.53. The third-order valence-corrected chi connectivity index (χ3v) is 7.02. The Morgan fingerprint density at radius 2 is 2.26 bits per heavy atom. The molecule has 5 rings (SSSR count). The first kappa shape index (κ1) is 22.0. The number of methoxy groups -OCH3 is 1. The Balaban J connectivity index is 1.19. The van der Waals surface area contributed by atoms with Gasteiger partial charge in [-0.15, -0.1) is 11.8 Å². The number of fused-ring (bicyclic) bond motifs is 2. The molecule has 3 aromatic heterocycles. The summed E-state index contributed by atoms with van der Waals surface area (Å²) in [4.78, 5) is 13.8. The Kier molecular flexibility index (Phi) is 6.71. The number of thioether (sulfide) groups is 1. The predicted molar refractivity (Wildman–Crippen MR) is 126 cm³/mol. The van der Waals surface area contributed by atoms with E-state index in [0.29, 0.717) is 48.7 Å². The predicted octanol–water partition coefficient (Wildman–Crippen LogP) is 2.90. The number of pyridine rings is 3. The second-order valence-corrected chi connectivity index (χ2v) is 9.42. The van der Waals surface area contributed by atoms with Gasteiger partial charge < -0.3 is 24.6 Å². The van der Waals surface area contributed by atoms with Gasteiger partial charge in [0.25, 0.3) is 0 Å². The highest BCUT2D eigenvalue weighted by atomic mass is 32.2. The second-order valence-electron chi connectivity index (χ2n) is 8.29. The fourth-order valence-electron chi connectivity index (χ4n) is 4.18. The van der Waals surface area contributed by atoms with E-state index in [9.17, 15) is 9.50 Å². The average molecular weight is 488 g/mol. The van der Waals surface area contributed by atoms with Gasteiger partial charge in [0, 0.05) is 37.7 Å². The molecule has 2 N–H and O–H groups in total. The molecule has 4 atom stereocenters. The zero-order valence-electron chi connectivity index (χ0n) is 19.7. The van der Waals surface area contributed by atoms with E-state index in [1.54, 1.807) is 30.1 Å². The van der Waals surface area contributed by atoms with Gasteiger partial charge in [-0.25, -0.2) is 9.37 Å². The van der Waals surface area contributed by atoms with Gasteiger partial charge in [0.2, 0.25) is 5.88 Å². The number of nitrogens with one attached hydrogen (secondary N) is 1. The van der Waals surface area contributed by atoms with Crippen molar-refractivity contribution in [3.8, 4) is 11.6 Å². The molecule has 1 saturated heterocycles. The van der Waals surface area contributed by atoms with Crippen LogP contribution in [0.15, 0.2) is 35.5 Å². The lowest BCUT2D eigenvalue weighted by atomic mass is 9.96. The molecule has 0 radical (unpaired) electrons. The van der Waals surface area contributed by atoms with Crippen LogP contribution < -0.4 is 14.8 Å². The summed E-state index contributed by atoms with van der Waals surface area (Å²) in [6.45, 7) is 0.310. The molecule has 10 heteroatoms. The topological polar surface area (TPSA) is 98.6 Å². The molecular weight excluding hydrogens is 459 g/mol. The molecule has 2 aliphatic rings. The monoisotopic (exact) mass is 487 g/mol. The maximum absolute atomic E-state index is 14.6. The standard InChI is InChI=1S/C24H27FN4O4S/c1-31-23-5-3-18-24(29-23)16(17(25)11-28-18)9-19(30)20-4-2-14(13-33-20)26-10-15-8-22-21(12-27-15)32-6-7-34-22/h3,5,8,11-12,14,19-20,26,30H,2,4,6-7,9-10,13H2,1H3/t14-,19+,20+/m1/s1/i10D/t10?,14-,19+,20+. The third-order valence-electron chi connectivity index (χ3n) is 6.02. The SMILES string of the molecule is [2H]C(N[C@@H]1CC[C@@H]([C@@H](O)Cc2c(F)cnc3ccc(OC)nc23)OC1)c1cc2c(cn1)OCCS2. The van der Waals surface area contributed by atoms with Crippen LogP contribution in [0.2, 0.25) is 0 Å². The summed E-state index contributed by atoms with van der Waals surface area (Å²) in [5.41, 5.74) is 1.83. The number of aliphatic hydroxyl groups excluding tert-OH is 1. The fraction of sp³-hybridized carbons (Fsp3) is 0.458. The van der Waals surface area contributed by atoms with Crippen LogP contribution in [0.4, 0.5) is 4.39 Å². The molecule has 0 amide bonds. The van der Waals surface area contributed by atoms with Gasteiger partial charge in [0.1, 0.15) is 5.82 Å². The van der Waals surface area contributed by atoms with E-state index < -0.39 is 24.5 Å². The van der Waals surface area contributed by atoms with Gasteiger partial charge in [0.05, 0.1) is 66.5 Å². The first-order valence-electron chi connectivity index (χ1n) is 11.8. The zero-order valence-corrected chi connectivity index (χ0v) is 19.6. The van der Waals surface area contributed by atoms with Crippen LogP contribution in [0.25, 0.3) is 11.0 Å². The normalized spacial score (nSPS) is 22.4. The van der Waals surface area contributed by atoms with Gasteiger partial charge >= 0.3 is 0 Å². The van der Waals surface area contributed by atoms with Crippen LogP contribution in [0, 0.1) is 5.82 Å². The highest BCUT2D eigenvalue weighted by Crippen LogP contribution is 2.32. The van der Waals surface area contributed by atoms with Gasteiger partial charge in [0.15, 0.2) is 5.75 Å². The first-order valence-corrected chi connectivity index (χ1v) is 12.2. The number of ether oxygens (including phenoxy) is 3. The minimum absolute atomic E-state index is 0.0490. The highest BCUT2D eigenvalue weighted by Gasteiger charge is 2.29. The molecular formula is C24H27FN4O4S. The Bertz CT molecular complexity index is 1200. The van der Waals surface area contributed by atoms with Crippen LogP contribution in [0.5, 0.6) is 11.6 Å². The number of aliphatic hydroxyl groups is 1. The average Bonchev–Trinajstić information content (AvgIpc) is 2.90. The van der Waals surface area contributed by atoms with Gasteiger partial charge in [-0.1, -0.05) is 0 Å². The van der Waals surface area contributed by atoms with Crippen LogP contribution in [0.3, 0.4) is 0 Å². The molecule has 3 aromatic rings. The Morgan fingerprint density at radius 3 is 3.09 bits per heavy atom. The van der Waals surface area contributed by atoms with E-state index in [1.165, 1.54) is 7.11 Å². The lowest BCUT2D eigenvalue weighted by Crippen LogP contribution is -2.44. The molecule has 8 nitrogen and oxygen atoms in total. The number of hydrogen-bond acceptors (Lipinski definition) is 9. The highest BCUT2D eigenvalue weighted by molar-refractivity contribution is 7.99. The van der Waals surface area contributed by atoms with Crippen molar-refractivity contribution in [2.75, 3.05) is 26.1 Å².